The fourth-order valence-electron chi connectivity index (χ4n) is 4.02. The number of H-pyrrole nitrogens is 1. The molecule has 0 unspecified atom stereocenters. The van der Waals surface area contributed by atoms with E-state index in [0.29, 0.717) is 32.0 Å². The Hall–Kier alpha value is -1.92. The Morgan fingerprint density at radius 2 is 2.38 bits per heavy atom. The number of imidazole rings is 1. The summed E-state index contributed by atoms with van der Waals surface area (Å²) in [5.74, 6) is 1.46. The average Bonchev–Trinajstić information content (AvgIpc) is 3.23. The van der Waals surface area contributed by atoms with Gasteiger partial charge >= 0.3 is 0 Å². The van der Waals surface area contributed by atoms with Crippen molar-refractivity contribution >= 4 is 16.9 Å². The quantitative estimate of drug-likeness (QED) is 0.905. The molecule has 4 rings (SSSR count). The highest BCUT2D eigenvalue weighted by molar-refractivity contribution is 5.77. The minimum atomic E-state index is -0.0101. The largest absolute Gasteiger partial charge is 0.384 e. The maximum Gasteiger partial charge on any atom is 0.223 e. The van der Waals surface area contributed by atoms with E-state index in [1.165, 1.54) is 0 Å². The van der Waals surface area contributed by atoms with E-state index >= 15 is 0 Å². The van der Waals surface area contributed by atoms with Crippen molar-refractivity contribution in [1.82, 2.24) is 14.9 Å². The molecule has 2 saturated heterocycles. The van der Waals surface area contributed by atoms with Crippen LogP contribution in [0.1, 0.15) is 12.2 Å². The molecule has 3 heterocycles. The number of fused-ring (bicyclic) bond motifs is 2. The predicted octanol–water partition coefficient (Wildman–Crippen LogP) is 1.62. The van der Waals surface area contributed by atoms with Crippen LogP contribution in [0.5, 0.6) is 0 Å². The maximum atomic E-state index is 12.6. The molecule has 2 aliphatic heterocycles. The van der Waals surface area contributed by atoms with Gasteiger partial charge in [0.15, 0.2) is 0 Å². The van der Waals surface area contributed by atoms with E-state index in [-0.39, 0.29) is 11.3 Å². The van der Waals surface area contributed by atoms with Crippen molar-refractivity contribution in [3.8, 4) is 0 Å². The number of hydrogen-bond acceptors (Lipinski definition) is 4. The zero-order valence-electron chi connectivity index (χ0n) is 14.0. The minimum absolute atomic E-state index is 0.0101. The van der Waals surface area contributed by atoms with Crippen molar-refractivity contribution in [2.75, 3.05) is 40.0 Å². The first-order valence-corrected chi connectivity index (χ1v) is 8.48. The Bertz CT molecular complexity index is 711. The molecule has 2 aliphatic rings. The lowest BCUT2D eigenvalue weighted by Gasteiger charge is -2.25. The number of aromatic nitrogens is 2. The van der Waals surface area contributed by atoms with Gasteiger partial charge in [-0.25, -0.2) is 4.98 Å². The number of hydrogen-bond donors (Lipinski definition) is 1. The van der Waals surface area contributed by atoms with Crippen LogP contribution in [0.25, 0.3) is 11.0 Å². The van der Waals surface area contributed by atoms with E-state index in [2.05, 4.69) is 9.97 Å². The summed E-state index contributed by atoms with van der Waals surface area (Å²) in [4.78, 5) is 22.4. The van der Waals surface area contributed by atoms with Crippen LogP contribution in [0.3, 0.4) is 0 Å². The lowest BCUT2D eigenvalue weighted by molar-refractivity contribution is -0.131. The van der Waals surface area contributed by atoms with Gasteiger partial charge in [0.05, 0.1) is 30.9 Å². The second kappa shape index (κ2) is 6.18. The van der Waals surface area contributed by atoms with Crippen molar-refractivity contribution in [1.29, 1.82) is 0 Å². The van der Waals surface area contributed by atoms with Crippen molar-refractivity contribution < 1.29 is 14.3 Å². The highest BCUT2D eigenvalue weighted by Gasteiger charge is 2.51. The number of aromatic amines is 1. The Kier molecular flexibility index (Phi) is 4.02. The Balaban J connectivity index is 1.38. The van der Waals surface area contributed by atoms with Gasteiger partial charge in [-0.2, -0.15) is 0 Å². The molecule has 1 aromatic carbocycles. The van der Waals surface area contributed by atoms with Gasteiger partial charge in [0.1, 0.15) is 5.82 Å². The minimum Gasteiger partial charge on any atom is -0.384 e. The second-order valence-corrected chi connectivity index (χ2v) is 6.98. The molecule has 1 aromatic heterocycles. The fourth-order valence-corrected chi connectivity index (χ4v) is 4.02. The summed E-state index contributed by atoms with van der Waals surface area (Å²) in [7, 11) is 1.72. The Morgan fingerprint density at radius 3 is 3.21 bits per heavy atom. The molecule has 128 valence electrons. The standard InChI is InChI=1S/C18H23N3O3/c1-23-11-18-10-21(8-13(18)9-24-12-18)17(22)7-6-16-19-14-4-2-3-5-15(14)20-16/h2-5,13H,6-12H2,1H3,(H,19,20)/t13-,18-/m0/s1. The predicted molar refractivity (Wildman–Crippen MR) is 89.6 cm³/mol. The molecule has 0 saturated carbocycles. The summed E-state index contributed by atoms with van der Waals surface area (Å²) in [6, 6.07) is 7.94. The van der Waals surface area contributed by atoms with Crippen LogP contribution in [0, 0.1) is 11.3 Å². The molecule has 24 heavy (non-hydrogen) atoms. The molecular formula is C18H23N3O3. The summed E-state index contributed by atoms with van der Waals surface area (Å²) in [5, 5.41) is 0. The summed E-state index contributed by atoms with van der Waals surface area (Å²) in [6.45, 7) is 3.60. The van der Waals surface area contributed by atoms with E-state index in [9.17, 15) is 4.79 Å². The molecule has 0 spiro atoms. The maximum absolute atomic E-state index is 12.6. The number of methoxy groups -OCH3 is 1. The summed E-state index contributed by atoms with van der Waals surface area (Å²) in [5.41, 5.74) is 1.96. The van der Waals surface area contributed by atoms with Gasteiger partial charge < -0.3 is 19.4 Å². The normalized spacial score (nSPS) is 26.2. The monoisotopic (exact) mass is 329 g/mol. The van der Waals surface area contributed by atoms with Gasteiger partial charge in [0, 0.05) is 44.4 Å². The lowest BCUT2D eigenvalue weighted by atomic mass is 9.82. The van der Waals surface area contributed by atoms with Crippen molar-refractivity contribution in [3.05, 3.63) is 30.1 Å². The third kappa shape index (κ3) is 2.70. The summed E-state index contributed by atoms with van der Waals surface area (Å²) < 4.78 is 11.0. The molecule has 2 atom stereocenters. The van der Waals surface area contributed by atoms with Crippen LogP contribution >= 0.6 is 0 Å². The van der Waals surface area contributed by atoms with Gasteiger partial charge in [-0.15, -0.1) is 0 Å². The summed E-state index contributed by atoms with van der Waals surface area (Å²) >= 11 is 0. The number of aryl methyl sites for hydroxylation is 1. The number of para-hydroxylation sites is 2. The highest BCUT2D eigenvalue weighted by atomic mass is 16.5. The van der Waals surface area contributed by atoms with Gasteiger partial charge in [0.25, 0.3) is 0 Å². The van der Waals surface area contributed by atoms with Crippen LogP contribution in [0.15, 0.2) is 24.3 Å². The average molecular weight is 329 g/mol. The molecule has 0 aliphatic carbocycles. The molecule has 0 radical (unpaired) electrons. The van der Waals surface area contributed by atoms with E-state index < -0.39 is 0 Å². The first-order chi connectivity index (χ1) is 11.7. The number of likely N-dealkylation sites (tertiary alicyclic amines) is 1. The first-order valence-electron chi connectivity index (χ1n) is 8.48. The fraction of sp³-hybridized carbons (Fsp3) is 0.556. The molecule has 6 heteroatoms. The number of benzene rings is 1. The van der Waals surface area contributed by atoms with Crippen LogP contribution < -0.4 is 0 Å². The van der Waals surface area contributed by atoms with Crippen LogP contribution in [-0.4, -0.2) is 60.8 Å². The molecule has 1 amide bonds. The lowest BCUT2D eigenvalue weighted by Crippen LogP contribution is -2.37. The number of ether oxygens (including phenoxy) is 2. The van der Waals surface area contributed by atoms with Gasteiger partial charge in [-0.05, 0) is 12.1 Å². The number of carbonyl (C=O) groups excluding carboxylic acids is 1. The molecule has 6 nitrogen and oxygen atoms in total. The summed E-state index contributed by atoms with van der Waals surface area (Å²) in [6.07, 6.45) is 1.12. The van der Waals surface area contributed by atoms with E-state index in [4.69, 9.17) is 9.47 Å². The molecule has 1 N–H and O–H groups in total. The van der Waals surface area contributed by atoms with Gasteiger partial charge in [-0.3, -0.25) is 4.79 Å². The van der Waals surface area contributed by atoms with Crippen LogP contribution in [0.2, 0.25) is 0 Å². The third-order valence-electron chi connectivity index (χ3n) is 5.32. The van der Waals surface area contributed by atoms with E-state index in [1.807, 2.05) is 29.2 Å². The number of nitrogens with zero attached hydrogens (tertiary/aromatic N) is 2. The molecule has 0 bridgehead atoms. The first kappa shape index (κ1) is 15.6. The second-order valence-electron chi connectivity index (χ2n) is 6.98. The van der Waals surface area contributed by atoms with E-state index in [1.54, 1.807) is 7.11 Å². The van der Waals surface area contributed by atoms with Crippen molar-refractivity contribution in [2.45, 2.75) is 12.8 Å². The van der Waals surface area contributed by atoms with Crippen molar-refractivity contribution in [3.63, 3.8) is 0 Å². The number of nitrogens with one attached hydrogen (secondary N) is 1. The van der Waals surface area contributed by atoms with Crippen LogP contribution in [0.4, 0.5) is 0 Å². The molecule has 2 aromatic rings. The topological polar surface area (TPSA) is 67.5 Å². The Morgan fingerprint density at radius 1 is 1.50 bits per heavy atom. The SMILES string of the molecule is COC[C@@]12COC[C@@H]1CN(C(=O)CCc1nc3ccccc3[nH]1)C2. The number of rotatable bonds is 5. The zero-order valence-corrected chi connectivity index (χ0v) is 14.0. The van der Waals surface area contributed by atoms with Gasteiger partial charge in [-0.1, -0.05) is 12.1 Å². The molecular weight excluding hydrogens is 306 g/mol. The third-order valence-corrected chi connectivity index (χ3v) is 5.32. The van der Waals surface area contributed by atoms with Crippen LogP contribution in [-0.2, 0) is 20.7 Å². The smallest absolute Gasteiger partial charge is 0.223 e. The zero-order chi connectivity index (χ0) is 16.6. The molecule has 2 fully saturated rings. The Labute approximate surface area is 141 Å². The van der Waals surface area contributed by atoms with Crippen molar-refractivity contribution in [2.24, 2.45) is 11.3 Å². The van der Waals surface area contributed by atoms with E-state index in [0.717, 1.165) is 36.6 Å². The number of amides is 1. The van der Waals surface area contributed by atoms with Gasteiger partial charge in [0.2, 0.25) is 5.91 Å². The number of carbonyl (C=O) groups is 1. The highest BCUT2D eigenvalue weighted by Crippen LogP contribution is 2.41.